The van der Waals surface area contributed by atoms with Crippen LogP contribution in [0.2, 0.25) is 0 Å². The highest BCUT2D eigenvalue weighted by molar-refractivity contribution is 7.89. The molecule has 8 nitrogen and oxygen atoms in total. The molecule has 182 valence electrons. The molecular weight excluding hydrogens is 463 g/mol. The third-order valence-corrected chi connectivity index (χ3v) is 7.48. The number of halogens is 3. The highest BCUT2D eigenvalue weighted by Crippen LogP contribution is 2.42. The molecule has 1 aliphatic rings. The van der Waals surface area contributed by atoms with E-state index >= 15 is 0 Å². The average molecular weight is 490 g/mol. The van der Waals surface area contributed by atoms with Gasteiger partial charge in [-0.05, 0) is 38.1 Å². The number of rotatable bonds is 6. The number of nitrogens with one attached hydrogen (secondary N) is 1. The molecule has 1 aromatic carbocycles. The monoisotopic (exact) mass is 489 g/mol. The van der Waals surface area contributed by atoms with Gasteiger partial charge in [0.2, 0.25) is 15.6 Å². The van der Waals surface area contributed by atoms with Crippen LogP contribution in [0.4, 0.5) is 18.0 Å². The smallest absolute Gasteiger partial charge is 0.424 e. The summed E-state index contributed by atoms with van der Waals surface area (Å²) in [5.74, 6) is -0.424. The fourth-order valence-corrected chi connectivity index (χ4v) is 4.94. The van der Waals surface area contributed by atoms with Gasteiger partial charge >= 0.3 is 12.2 Å². The van der Waals surface area contributed by atoms with E-state index in [9.17, 15) is 31.5 Å². The number of sulfonamides is 1. The van der Waals surface area contributed by atoms with E-state index in [0.29, 0.717) is 0 Å². The van der Waals surface area contributed by atoms with E-state index in [4.69, 9.17) is 4.42 Å². The quantitative estimate of drug-likeness (QED) is 0.650. The number of nitrogens with zero attached hydrogens (tertiary/aromatic N) is 2. The molecule has 2 aromatic rings. The maximum absolute atomic E-state index is 13.5. The van der Waals surface area contributed by atoms with Crippen LogP contribution in [0, 0.1) is 13.8 Å². The summed E-state index contributed by atoms with van der Waals surface area (Å²) in [5, 5.41) is 12.6. The van der Waals surface area contributed by atoms with Crippen LogP contribution in [-0.4, -0.2) is 67.7 Å². The molecule has 1 aliphatic heterocycles. The van der Waals surface area contributed by atoms with E-state index in [-0.39, 0.29) is 36.8 Å². The Morgan fingerprint density at radius 3 is 2.18 bits per heavy atom. The SMILES string of the molecule is Cc1ccc(S(=O)(=O)N2CCN(C(=O)NCC[C@](O)(c3ccc(C)o3)C(F)(F)F)CC2)cc1. The molecule has 1 fully saturated rings. The molecule has 1 saturated heterocycles. The number of urea groups is 1. The van der Waals surface area contributed by atoms with E-state index in [1.165, 1.54) is 34.3 Å². The van der Waals surface area contributed by atoms with Crippen LogP contribution in [0.15, 0.2) is 45.7 Å². The van der Waals surface area contributed by atoms with E-state index < -0.39 is 46.6 Å². The minimum absolute atomic E-state index is 0.0573. The Morgan fingerprint density at radius 2 is 1.67 bits per heavy atom. The van der Waals surface area contributed by atoms with Crippen molar-refractivity contribution in [1.82, 2.24) is 14.5 Å². The Morgan fingerprint density at radius 1 is 1.06 bits per heavy atom. The maximum Gasteiger partial charge on any atom is 0.424 e. The summed E-state index contributed by atoms with van der Waals surface area (Å²) in [6, 6.07) is 8.17. The van der Waals surface area contributed by atoms with Crippen molar-refractivity contribution in [3.8, 4) is 0 Å². The molecule has 1 atom stereocenters. The molecule has 1 aromatic heterocycles. The van der Waals surface area contributed by atoms with Crippen LogP contribution in [0.5, 0.6) is 0 Å². The minimum Gasteiger partial charge on any atom is -0.463 e. The number of alkyl halides is 3. The first-order chi connectivity index (χ1) is 15.3. The fraction of sp³-hybridized carbons (Fsp3) is 0.476. The number of hydrogen-bond acceptors (Lipinski definition) is 5. The van der Waals surface area contributed by atoms with Gasteiger partial charge in [0.15, 0.2) is 0 Å². The second-order valence-electron chi connectivity index (χ2n) is 7.95. The minimum atomic E-state index is -5.00. The molecule has 3 rings (SSSR count). The predicted molar refractivity (Wildman–Crippen MR) is 113 cm³/mol. The largest absolute Gasteiger partial charge is 0.463 e. The number of benzene rings is 1. The number of hydrogen-bond donors (Lipinski definition) is 2. The van der Waals surface area contributed by atoms with Crippen LogP contribution in [0.3, 0.4) is 0 Å². The Bertz CT molecular complexity index is 1080. The Kier molecular flexibility index (Phi) is 7.10. The number of furan rings is 1. The molecule has 2 amide bonds. The van der Waals surface area contributed by atoms with Gasteiger partial charge in [-0.15, -0.1) is 0 Å². The van der Waals surface area contributed by atoms with Gasteiger partial charge in [-0.3, -0.25) is 0 Å². The van der Waals surface area contributed by atoms with Gasteiger partial charge in [0.05, 0.1) is 4.90 Å². The first kappa shape index (κ1) is 25.1. The van der Waals surface area contributed by atoms with Gasteiger partial charge < -0.3 is 19.7 Å². The van der Waals surface area contributed by atoms with Crippen LogP contribution in [0.1, 0.15) is 23.5 Å². The summed E-state index contributed by atoms with van der Waals surface area (Å²) >= 11 is 0. The molecule has 0 unspecified atom stereocenters. The zero-order valence-electron chi connectivity index (χ0n) is 18.2. The van der Waals surface area contributed by atoms with Crippen molar-refractivity contribution in [3.63, 3.8) is 0 Å². The van der Waals surface area contributed by atoms with E-state index in [2.05, 4.69) is 5.32 Å². The zero-order chi connectivity index (χ0) is 24.4. The third-order valence-electron chi connectivity index (χ3n) is 5.56. The topological polar surface area (TPSA) is 103 Å². The summed E-state index contributed by atoms with van der Waals surface area (Å²) in [6.07, 6.45) is -5.84. The molecule has 2 heterocycles. The summed E-state index contributed by atoms with van der Waals surface area (Å²) in [4.78, 5) is 13.9. The number of aryl methyl sites for hydroxylation is 2. The third kappa shape index (κ3) is 5.33. The van der Waals surface area contributed by atoms with Gasteiger partial charge in [-0.2, -0.15) is 17.5 Å². The summed E-state index contributed by atoms with van der Waals surface area (Å²) in [5.41, 5.74) is -2.31. The van der Waals surface area contributed by atoms with Crippen LogP contribution >= 0.6 is 0 Å². The highest BCUT2D eigenvalue weighted by Gasteiger charge is 2.56. The number of amides is 2. The standard InChI is InChI=1S/C21H26F3N3O5S/c1-15-3-6-17(7-4-15)33(30,31)27-13-11-26(12-14-27)19(28)25-10-9-20(29,21(22,23)24)18-8-5-16(2)32-18/h3-8,29H,9-14H2,1-2H3,(H,25,28)/t20-/m0/s1. The van der Waals surface area contributed by atoms with E-state index in [0.717, 1.165) is 11.6 Å². The van der Waals surface area contributed by atoms with Crippen molar-refractivity contribution < 1.29 is 35.9 Å². The maximum atomic E-state index is 13.5. The second-order valence-corrected chi connectivity index (χ2v) is 9.89. The molecular formula is C21H26F3N3O5S. The van der Waals surface area contributed by atoms with E-state index in [1.54, 1.807) is 12.1 Å². The van der Waals surface area contributed by atoms with Gasteiger partial charge in [0.25, 0.3) is 0 Å². The second kappa shape index (κ2) is 9.35. The highest BCUT2D eigenvalue weighted by atomic mass is 32.2. The van der Waals surface area contributed by atoms with Crippen LogP contribution in [0.25, 0.3) is 0 Å². The molecule has 0 radical (unpaired) electrons. The van der Waals surface area contributed by atoms with Crippen molar-refractivity contribution >= 4 is 16.1 Å². The number of piperazine rings is 1. The molecule has 0 aliphatic carbocycles. The molecule has 0 bridgehead atoms. The van der Waals surface area contributed by atoms with Gasteiger partial charge in [0.1, 0.15) is 11.5 Å². The molecule has 0 saturated carbocycles. The summed E-state index contributed by atoms with van der Waals surface area (Å²) in [7, 11) is -3.70. The Balaban J connectivity index is 1.55. The lowest BCUT2D eigenvalue weighted by Crippen LogP contribution is -2.53. The van der Waals surface area contributed by atoms with Crippen molar-refractivity contribution in [3.05, 3.63) is 53.5 Å². The van der Waals surface area contributed by atoms with Gasteiger partial charge in [0, 0.05) is 39.1 Å². The Labute approximate surface area is 190 Å². The lowest BCUT2D eigenvalue weighted by atomic mass is 9.96. The normalized spacial score (nSPS) is 17.6. The first-order valence-electron chi connectivity index (χ1n) is 10.3. The number of carbonyl (C=O) groups is 1. The zero-order valence-corrected chi connectivity index (χ0v) is 19.0. The summed E-state index contributed by atoms with van der Waals surface area (Å²) in [6.45, 7) is 3.12. The lowest BCUT2D eigenvalue weighted by molar-refractivity contribution is -0.274. The molecule has 12 heteroatoms. The van der Waals surface area contributed by atoms with Gasteiger partial charge in [-0.25, -0.2) is 13.2 Å². The van der Waals surface area contributed by atoms with Crippen molar-refractivity contribution in [1.29, 1.82) is 0 Å². The predicted octanol–water partition coefficient (Wildman–Crippen LogP) is 2.75. The van der Waals surface area contributed by atoms with Crippen molar-refractivity contribution in [2.45, 2.75) is 36.9 Å². The van der Waals surface area contributed by atoms with Gasteiger partial charge in [-0.1, -0.05) is 17.7 Å². The van der Waals surface area contributed by atoms with Crippen molar-refractivity contribution in [2.75, 3.05) is 32.7 Å². The first-order valence-corrected chi connectivity index (χ1v) is 11.7. The summed E-state index contributed by atoms with van der Waals surface area (Å²) < 4.78 is 72.2. The number of aliphatic hydroxyl groups is 1. The Hall–Kier alpha value is -2.57. The molecule has 33 heavy (non-hydrogen) atoms. The van der Waals surface area contributed by atoms with Crippen LogP contribution < -0.4 is 5.32 Å². The van der Waals surface area contributed by atoms with E-state index in [1.807, 2.05) is 6.92 Å². The molecule has 2 N–H and O–H groups in total. The fourth-order valence-electron chi connectivity index (χ4n) is 3.51. The van der Waals surface area contributed by atoms with Crippen LogP contribution in [-0.2, 0) is 15.6 Å². The average Bonchev–Trinajstić information content (AvgIpc) is 3.20. The lowest BCUT2D eigenvalue weighted by Gasteiger charge is -2.34. The van der Waals surface area contributed by atoms with Crippen molar-refractivity contribution in [2.24, 2.45) is 0 Å². The molecule has 0 spiro atoms. The number of carbonyl (C=O) groups excluding carboxylic acids is 1.